The molecule has 46 heavy (non-hydrogen) atoms. The lowest BCUT2D eigenvalue weighted by molar-refractivity contribution is -0.132. The molecule has 1 saturated heterocycles. The highest BCUT2D eigenvalue weighted by Crippen LogP contribution is 2.39. The van der Waals surface area contributed by atoms with Crippen molar-refractivity contribution in [3.05, 3.63) is 97.5 Å². The summed E-state index contributed by atoms with van der Waals surface area (Å²) in [6.07, 6.45) is 2.51. The maximum absolute atomic E-state index is 14.6. The van der Waals surface area contributed by atoms with Gasteiger partial charge in [-0.25, -0.2) is 0 Å². The van der Waals surface area contributed by atoms with Crippen molar-refractivity contribution in [3.8, 4) is 11.5 Å². The van der Waals surface area contributed by atoms with Crippen LogP contribution in [0.2, 0.25) is 15.1 Å². The Morgan fingerprint density at radius 2 is 1.65 bits per heavy atom. The molecule has 2 amide bonds. The zero-order chi connectivity index (χ0) is 32.5. The second kappa shape index (κ2) is 13.9. The topological polar surface area (TPSA) is 71.1 Å². The number of halogens is 3. The van der Waals surface area contributed by atoms with E-state index in [0.29, 0.717) is 71.4 Å². The van der Waals surface area contributed by atoms with E-state index in [1.165, 1.54) is 0 Å². The Morgan fingerprint density at radius 1 is 0.935 bits per heavy atom. The number of hydrogen-bond donors (Lipinski definition) is 1. The molecule has 1 aliphatic carbocycles. The number of nitrogens with zero attached hydrogens (tertiary/aromatic N) is 2. The predicted molar refractivity (Wildman–Crippen MR) is 183 cm³/mol. The predicted octanol–water partition coefficient (Wildman–Crippen LogP) is 7.26. The van der Waals surface area contributed by atoms with E-state index >= 15 is 0 Å². The van der Waals surface area contributed by atoms with Crippen LogP contribution >= 0.6 is 34.8 Å². The zero-order valence-corrected chi connectivity index (χ0v) is 28.5. The Bertz CT molecular complexity index is 1670. The minimum absolute atomic E-state index is 0.0155. The third kappa shape index (κ3) is 7.18. The van der Waals surface area contributed by atoms with Gasteiger partial charge in [-0.3, -0.25) is 9.59 Å². The van der Waals surface area contributed by atoms with Gasteiger partial charge in [0.05, 0.1) is 21.1 Å². The fourth-order valence-electron chi connectivity index (χ4n) is 6.31. The molecule has 1 N–H and O–H groups in total. The molecule has 2 aliphatic heterocycles. The molecule has 7 nitrogen and oxygen atoms in total. The minimum atomic E-state index is -0.278. The highest BCUT2D eigenvalue weighted by atomic mass is 35.5. The largest absolute Gasteiger partial charge is 0.490 e. The molecular weight excluding hydrogens is 645 g/mol. The summed E-state index contributed by atoms with van der Waals surface area (Å²) in [5.41, 5.74) is 5.74. The molecular formula is C36H38Cl3N3O4. The second-order valence-electron chi connectivity index (χ2n) is 12.4. The average molecular weight is 683 g/mol. The van der Waals surface area contributed by atoms with Gasteiger partial charge in [-0.1, -0.05) is 59.1 Å². The maximum Gasteiger partial charge on any atom is 0.252 e. The Morgan fingerprint density at radius 3 is 2.37 bits per heavy atom. The number of carbonyl (C=O) groups excluding carboxylic acids is 2. The number of benzene rings is 3. The molecule has 2 heterocycles. The van der Waals surface area contributed by atoms with E-state index in [1.54, 1.807) is 13.0 Å². The Kier molecular flexibility index (Phi) is 9.85. The first-order valence-corrected chi connectivity index (χ1v) is 16.8. The highest BCUT2D eigenvalue weighted by molar-refractivity contribution is 6.42. The number of ether oxygens (including phenoxy) is 2. The number of aryl methyl sites for hydroxylation is 2. The van der Waals surface area contributed by atoms with E-state index in [2.05, 4.69) is 5.32 Å². The molecule has 1 saturated carbocycles. The van der Waals surface area contributed by atoms with Crippen LogP contribution < -0.4 is 14.8 Å². The van der Waals surface area contributed by atoms with Crippen LogP contribution in [0.3, 0.4) is 0 Å². The normalized spacial score (nSPS) is 19.2. The molecule has 0 aromatic heterocycles. The Hall–Kier alpha value is -3.23. The fraction of sp³-hybridized carbons (Fsp3) is 0.389. The lowest BCUT2D eigenvalue weighted by Crippen LogP contribution is -2.61. The van der Waals surface area contributed by atoms with Gasteiger partial charge in [-0.15, -0.1) is 0 Å². The molecule has 6 rings (SSSR count). The fourth-order valence-corrected chi connectivity index (χ4v) is 6.97. The molecule has 3 aromatic rings. The van der Waals surface area contributed by atoms with Gasteiger partial charge in [0.25, 0.3) is 5.91 Å². The van der Waals surface area contributed by atoms with Crippen LogP contribution in [0.5, 0.6) is 11.5 Å². The number of hydrogen-bond acceptors (Lipinski definition) is 5. The van der Waals surface area contributed by atoms with Crippen molar-refractivity contribution >= 4 is 52.2 Å². The molecule has 2 fully saturated rings. The summed E-state index contributed by atoms with van der Waals surface area (Å²) in [5, 5.41) is 5.16. The summed E-state index contributed by atoms with van der Waals surface area (Å²) in [6.45, 7) is 7.75. The quantitative estimate of drug-likeness (QED) is 0.228. The molecule has 0 spiro atoms. The summed E-state index contributed by atoms with van der Waals surface area (Å²) in [7, 11) is 0. The smallest absolute Gasteiger partial charge is 0.252 e. The first-order valence-electron chi connectivity index (χ1n) is 15.7. The van der Waals surface area contributed by atoms with Gasteiger partial charge in [0.1, 0.15) is 24.7 Å². The summed E-state index contributed by atoms with van der Waals surface area (Å²) in [5.74, 6) is 1.34. The van der Waals surface area contributed by atoms with Crippen LogP contribution in [-0.4, -0.2) is 66.0 Å². The van der Waals surface area contributed by atoms with Crippen LogP contribution in [-0.2, 0) is 16.1 Å². The Labute approximate surface area is 285 Å². The zero-order valence-electron chi connectivity index (χ0n) is 26.2. The van der Waals surface area contributed by atoms with Gasteiger partial charge >= 0.3 is 0 Å². The van der Waals surface area contributed by atoms with Crippen molar-refractivity contribution < 1.29 is 19.1 Å². The van der Waals surface area contributed by atoms with Gasteiger partial charge in [-0.2, -0.15) is 0 Å². The van der Waals surface area contributed by atoms with Crippen molar-refractivity contribution in [1.29, 1.82) is 0 Å². The summed E-state index contributed by atoms with van der Waals surface area (Å²) < 4.78 is 11.8. The molecule has 3 aromatic carbocycles. The van der Waals surface area contributed by atoms with E-state index in [9.17, 15) is 9.59 Å². The van der Waals surface area contributed by atoms with Crippen LogP contribution in [0.15, 0.2) is 60.2 Å². The summed E-state index contributed by atoms with van der Waals surface area (Å²) in [4.78, 5) is 30.8. The standard InChI is InChI=1S/C36H38Cl3N3O4/c1-21-15-31(38)33(16-22(21)2)46-14-13-45-28-11-7-24(8-12-28)29-17-26-19-41(23(3)43)20-32(40-26)34(29)36(44)42(27-9-10-27)18-25-5-4-6-30(37)35(25)39/h4-8,11-12,15-16,26-27,32,40H,9-10,13-14,17-20H2,1-3H3. The molecule has 242 valence electrons. The van der Waals surface area contributed by atoms with Gasteiger partial charge in [0.15, 0.2) is 0 Å². The maximum atomic E-state index is 14.6. The van der Waals surface area contributed by atoms with Crippen molar-refractivity contribution in [2.75, 3.05) is 26.3 Å². The van der Waals surface area contributed by atoms with E-state index < -0.39 is 0 Å². The van der Waals surface area contributed by atoms with Gasteiger partial charge in [0.2, 0.25) is 5.91 Å². The molecule has 3 aliphatic rings. The third-order valence-corrected chi connectivity index (χ3v) is 10.2. The SMILES string of the molecule is CC(=O)N1CC2CC(c3ccc(OCCOc4cc(C)c(C)cc4Cl)cc3)=C(C(=O)N(Cc3cccc(Cl)c3Cl)C3CC3)C(C1)N2. The number of nitrogens with one attached hydrogen (secondary N) is 1. The van der Waals surface area contributed by atoms with Crippen molar-refractivity contribution in [1.82, 2.24) is 15.1 Å². The molecule has 2 bridgehead atoms. The lowest BCUT2D eigenvalue weighted by Gasteiger charge is -2.44. The van der Waals surface area contributed by atoms with Crippen molar-refractivity contribution in [2.24, 2.45) is 0 Å². The Balaban J connectivity index is 1.23. The first kappa shape index (κ1) is 32.7. The molecule has 10 heteroatoms. The number of amides is 2. The molecule has 2 atom stereocenters. The van der Waals surface area contributed by atoms with Gasteiger partial charge in [-0.05, 0) is 91.3 Å². The number of piperazine rings is 1. The van der Waals surface area contributed by atoms with Crippen LogP contribution in [0.1, 0.15) is 48.4 Å². The summed E-state index contributed by atoms with van der Waals surface area (Å²) >= 11 is 19.2. The third-order valence-electron chi connectivity index (χ3n) is 9.06. The minimum Gasteiger partial charge on any atom is -0.490 e. The van der Waals surface area contributed by atoms with Crippen molar-refractivity contribution in [2.45, 2.75) is 64.7 Å². The highest BCUT2D eigenvalue weighted by Gasteiger charge is 2.43. The van der Waals surface area contributed by atoms with Crippen LogP contribution in [0.4, 0.5) is 0 Å². The number of rotatable bonds is 10. The van der Waals surface area contributed by atoms with Gasteiger partial charge in [0, 0.05) is 44.2 Å². The molecule has 2 unspecified atom stereocenters. The van der Waals surface area contributed by atoms with E-state index in [-0.39, 0.29) is 29.9 Å². The molecule has 0 radical (unpaired) electrons. The summed E-state index contributed by atoms with van der Waals surface area (Å²) in [6, 6.07) is 17.2. The second-order valence-corrected chi connectivity index (χ2v) is 13.6. The first-order chi connectivity index (χ1) is 22.1. The van der Waals surface area contributed by atoms with E-state index in [0.717, 1.165) is 40.7 Å². The number of carbonyl (C=O) groups is 2. The van der Waals surface area contributed by atoms with Crippen LogP contribution in [0, 0.1) is 13.8 Å². The average Bonchev–Trinajstić information content (AvgIpc) is 3.87. The number of fused-ring (bicyclic) bond motifs is 2. The van der Waals surface area contributed by atoms with Crippen LogP contribution in [0.25, 0.3) is 5.57 Å². The van der Waals surface area contributed by atoms with E-state index in [4.69, 9.17) is 44.3 Å². The van der Waals surface area contributed by atoms with Crippen molar-refractivity contribution in [3.63, 3.8) is 0 Å². The van der Waals surface area contributed by atoms with Gasteiger partial charge < -0.3 is 24.6 Å². The monoisotopic (exact) mass is 681 g/mol. The van der Waals surface area contributed by atoms with E-state index in [1.807, 2.05) is 72.2 Å². The lowest BCUT2D eigenvalue weighted by atomic mass is 9.82.